The number of nitrogens with one attached hydrogen (secondary N) is 1. The van der Waals surface area contributed by atoms with E-state index in [0.717, 1.165) is 0 Å². The lowest BCUT2D eigenvalue weighted by Crippen LogP contribution is -2.67. The minimum Gasteiger partial charge on any atom is -0.318 e. The minimum atomic E-state index is -2.26. The molecule has 0 unspecified atom stereocenters. The Morgan fingerprint density at radius 1 is 0.414 bits per heavy atom. The average molecular weight is 442 g/mol. The summed E-state index contributed by atoms with van der Waals surface area (Å²) < 4.78 is 5.38. The van der Waals surface area contributed by atoms with E-state index in [1.54, 1.807) is 0 Å². The molecule has 0 aromatic rings. The summed E-state index contributed by atoms with van der Waals surface area (Å²) in [6.07, 6.45) is 0. The lowest BCUT2D eigenvalue weighted by atomic mass is 10.2. The van der Waals surface area contributed by atoms with Crippen LogP contribution in [0, 0.1) is 0 Å². The smallest absolute Gasteiger partial charge is 0.227 e. The minimum absolute atomic E-state index is 0.101. The van der Waals surface area contributed by atoms with Crippen LogP contribution in [0.1, 0.15) is 125 Å². The van der Waals surface area contributed by atoms with Crippen LogP contribution in [0.3, 0.4) is 0 Å². The maximum Gasteiger partial charge on any atom is 0.227 e. The van der Waals surface area contributed by atoms with Crippen molar-refractivity contribution < 1.29 is 0 Å². The molecule has 5 heteroatoms. The van der Waals surface area contributed by atoms with Crippen LogP contribution in [0.2, 0.25) is 30.2 Å². The van der Waals surface area contributed by atoms with Gasteiger partial charge in [-0.15, -0.1) is 0 Å². The van der Waals surface area contributed by atoms with Crippen LogP contribution in [-0.2, 0) is 0 Å². The highest BCUT2D eigenvalue weighted by Gasteiger charge is 2.63. The summed E-state index contributed by atoms with van der Waals surface area (Å²) in [4.78, 5) is 0. The van der Waals surface area contributed by atoms with Crippen LogP contribution in [0.25, 0.3) is 0 Å². The van der Waals surface area contributed by atoms with Crippen LogP contribution in [0.5, 0.6) is 0 Å². The number of hydrogen-bond donors (Lipinski definition) is 1. The van der Waals surface area contributed by atoms with E-state index in [1.165, 1.54) is 0 Å². The first-order valence-electron chi connectivity index (χ1n) is 11.4. The fourth-order valence-corrected chi connectivity index (χ4v) is 23.8. The highest BCUT2D eigenvalue weighted by Crippen LogP contribution is 2.63. The summed E-state index contributed by atoms with van der Waals surface area (Å²) in [5.41, 5.74) is 0. The molecule has 0 bridgehead atoms. The summed E-state index contributed by atoms with van der Waals surface area (Å²) in [5, 5.41) is 9.58. The first kappa shape index (κ1) is 28.8. The van der Waals surface area contributed by atoms with E-state index in [1.807, 2.05) is 0 Å². The van der Waals surface area contributed by atoms with Crippen molar-refractivity contribution in [2.45, 2.75) is 155 Å². The highest BCUT2D eigenvalue weighted by atomic mass is 28.3. The maximum absolute atomic E-state index is 5.38. The molecule has 0 atom stereocenters. The topological polar surface area (TPSA) is 36.8 Å². The predicted molar refractivity (Wildman–Crippen MR) is 138 cm³/mol. The Bertz CT molecular complexity index is 508. The van der Waals surface area contributed by atoms with Gasteiger partial charge in [0.2, 0.25) is 8.24 Å². The van der Waals surface area contributed by atoms with Crippen LogP contribution in [-0.4, -0.2) is 16.5 Å². The van der Waals surface area contributed by atoms with E-state index in [0.29, 0.717) is 0 Å². The third kappa shape index (κ3) is 4.86. The standard InChI is InChI=1S/C24H55N3Si2/c1-19(2,3)28(20(4,5)6,21(7,8)9)26-25-27-29(22(10,11)12,23(13,14)15)24(16,17)18/h1-18H3,(H,26,27). The zero-order valence-electron chi connectivity index (χ0n) is 23.4. The molecule has 0 fully saturated rings. The van der Waals surface area contributed by atoms with Gasteiger partial charge in [0.1, 0.15) is 0 Å². The zero-order valence-corrected chi connectivity index (χ0v) is 25.4. The lowest BCUT2D eigenvalue weighted by molar-refractivity contribution is 0.495. The van der Waals surface area contributed by atoms with Crippen LogP contribution >= 0.6 is 0 Å². The van der Waals surface area contributed by atoms with E-state index >= 15 is 0 Å². The summed E-state index contributed by atoms with van der Waals surface area (Å²) in [5.74, 6) is 0. The van der Waals surface area contributed by atoms with Gasteiger partial charge in [-0.3, -0.25) is 0 Å². The van der Waals surface area contributed by atoms with Gasteiger partial charge < -0.3 is 5.09 Å². The van der Waals surface area contributed by atoms with E-state index in [9.17, 15) is 0 Å². The summed E-state index contributed by atoms with van der Waals surface area (Å²) in [6, 6.07) is 0. The van der Waals surface area contributed by atoms with E-state index < -0.39 is 16.5 Å². The van der Waals surface area contributed by atoms with E-state index in [2.05, 4.69) is 130 Å². The first-order chi connectivity index (χ1) is 12.2. The molecule has 0 aliphatic carbocycles. The molecule has 0 rings (SSSR count). The van der Waals surface area contributed by atoms with Crippen LogP contribution < -0.4 is 5.09 Å². The predicted octanol–water partition coefficient (Wildman–Crippen LogP) is 9.63. The second kappa shape index (κ2) is 7.76. The largest absolute Gasteiger partial charge is 0.318 e. The van der Waals surface area contributed by atoms with Gasteiger partial charge in [0.15, 0.2) is 8.24 Å². The van der Waals surface area contributed by atoms with Crippen LogP contribution in [0.15, 0.2) is 10.0 Å². The van der Waals surface area contributed by atoms with Crippen molar-refractivity contribution in [3.63, 3.8) is 0 Å². The van der Waals surface area contributed by atoms with Gasteiger partial charge in [0, 0.05) is 0 Å². The van der Waals surface area contributed by atoms with Crippen molar-refractivity contribution in [2.75, 3.05) is 0 Å². The second-order valence-corrected chi connectivity index (χ2v) is 27.6. The Balaban J connectivity index is 6.86. The Morgan fingerprint density at radius 2 is 0.655 bits per heavy atom. The van der Waals surface area contributed by atoms with Crippen molar-refractivity contribution in [2.24, 2.45) is 10.0 Å². The molecule has 0 amide bonds. The molecule has 0 radical (unpaired) electrons. The summed E-state index contributed by atoms with van der Waals surface area (Å²) in [6.45, 7) is 42.8. The Morgan fingerprint density at radius 3 is 0.828 bits per heavy atom. The van der Waals surface area contributed by atoms with Gasteiger partial charge in [-0.25, -0.2) is 4.78 Å². The van der Waals surface area contributed by atoms with Crippen molar-refractivity contribution in [1.29, 1.82) is 0 Å². The molecule has 0 aliphatic rings. The molecule has 0 spiro atoms. The van der Waals surface area contributed by atoms with Gasteiger partial charge in [0.25, 0.3) is 0 Å². The Hall–Kier alpha value is -0.166. The number of nitrogens with zero attached hydrogens (tertiary/aromatic N) is 2. The molecule has 0 heterocycles. The summed E-state index contributed by atoms with van der Waals surface area (Å²) >= 11 is 0. The van der Waals surface area contributed by atoms with Crippen molar-refractivity contribution in [1.82, 2.24) is 5.09 Å². The van der Waals surface area contributed by atoms with Crippen molar-refractivity contribution >= 4 is 16.5 Å². The lowest BCUT2D eigenvalue weighted by Gasteiger charge is -2.58. The molecule has 3 nitrogen and oxygen atoms in total. The van der Waals surface area contributed by atoms with Crippen molar-refractivity contribution in [3.8, 4) is 0 Å². The molecule has 29 heavy (non-hydrogen) atoms. The van der Waals surface area contributed by atoms with E-state index in [-0.39, 0.29) is 30.2 Å². The van der Waals surface area contributed by atoms with Gasteiger partial charge in [-0.2, -0.15) is 0 Å². The molecule has 1 N–H and O–H groups in total. The maximum atomic E-state index is 5.38. The fraction of sp³-hybridized carbons (Fsp3) is 1.00. The quantitative estimate of drug-likeness (QED) is 0.264. The Kier molecular flexibility index (Phi) is 7.71. The van der Waals surface area contributed by atoms with Gasteiger partial charge in [0.05, 0.1) is 0 Å². The van der Waals surface area contributed by atoms with Gasteiger partial charge in [-0.1, -0.05) is 130 Å². The van der Waals surface area contributed by atoms with Crippen LogP contribution in [0.4, 0.5) is 0 Å². The zero-order chi connectivity index (χ0) is 24.1. The Labute approximate surface area is 186 Å². The summed E-state index contributed by atoms with van der Waals surface area (Å²) in [7, 11) is -4.42. The second-order valence-electron chi connectivity index (χ2n) is 15.3. The molecule has 0 aliphatic heterocycles. The molecular formula is C24H55N3Si2. The number of hydrogen-bond acceptors (Lipinski definition) is 2. The molecule has 0 aromatic carbocycles. The third-order valence-electron chi connectivity index (χ3n) is 7.05. The normalized spacial score (nSPS) is 16.5. The highest BCUT2D eigenvalue weighted by molar-refractivity contribution is 6.86. The van der Waals surface area contributed by atoms with E-state index in [4.69, 9.17) is 10.0 Å². The molecular weight excluding hydrogens is 386 g/mol. The SMILES string of the molecule is CC(C)(C)[Si](/N=N/N[Si](C(C)(C)C)(C(C)(C)C)C(C)(C)C)(C(C)(C)C)C(C)(C)C. The van der Waals surface area contributed by atoms with Gasteiger partial charge >= 0.3 is 0 Å². The molecule has 174 valence electrons. The third-order valence-corrected chi connectivity index (χ3v) is 21.1. The molecule has 0 saturated carbocycles. The first-order valence-corrected chi connectivity index (χ1v) is 15.3. The fourth-order valence-electron chi connectivity index (χ4n) is 7.88. The molecule has 0 aromatic heterocycles. The monoisotopic (exact) mass is 441 g/mol. The molecule has 0 saturated heterocycles. The van der Waals surface area contributed by atoms with Crippen molar-refractivity contribution in [3.05, 3.63) is 0 Å². The average Bonchev–Trinajstić information content (AvgIpc) is 2.27. The number of rotatable bonds is 3. The van der Waals surface area contributed by atoms with Gasteiger partial charge in [-0.05, 0) is 30.2 Å².